The van der Waals surface area contributed by atoms with Crippen molar-refractivity contribution in [3.63, 3.8) is 0 Å². The second kappa shape index (κ2) is 9.70. The number of aliphatic hydroxyl groups excluding tert-OH is 2. The lowest BCUT2D eigenvalue weighted by atomic mass is 9.44. The van der Waals surface area contributed by atoms with Gasteiger partial charge >= 0.3 is 11.9 Å². The first-order valence-corrected chi connectivity index (χ1v) is 14.5. The molecule has 6 rings (SSSR count). The largest absolute Gasteiger partial charge is 0.455 e. The lowest BCUT2D eigenvalue weighted by molar-refractivity contribution is -0.361. The molecule has 0 aromatic heterocycles. The van der Waals surface area contributed by atoms with E-state index in [0.717, 1.165) is 0 Å². The topological polar surface area (TPSA) is 141 Å². The van der Waals surface area contributed by atoms with Gasteiger partial charge in [0.25, 0.3) is 0 Å². The van der Waals surface area contributed by atoms with Crippen molar-refractivity contribution in [2.24, 2.45) is 16.7 Å². The van der Waals surface area contributed by atoms with Crippen LogP contribution in [-0.2, 0) is 28.5 Å². The lowest BCUT2D eigenvalue weighted by Gasteiger charge is -2.68. The normalized spacial score (nSPS) is 45.2. The van der Waals surface area contributed by atoms with Crippen LogP contribution in [0.15, 0.2) is 54.1 Å². The van der Waals surface area contributed by atoms with E-state index >= 15 is 0 Å². The first kappa shape index (κ1) is 29.5. The van der Waals surface area contributed by atoms with E-state index < -0.39 is 82.8 Å². The van der Waals surface area contributed by atoms with Gasteiger partial charge in [0.2, 0.25) is 0 Å². The van der Waals surface area contributed by atoms with Gasteiger partial charge in [-0.25, -0.2) is 4.79 Å². The molecule has 0 amide bonds. The zero-order valence-corrected chi connectivity index (χ0v) is 24.6. The van der Waals surface area contributed by atoms with Gasteiger partial charge in [-0.3, -0.25) is 4.79 Å². The zero-order chi connectivity index (χ0) is 30.4. The van der Waals surface area contributed by atoms with Crippen molar-refractivity contribution in [1.29, 1.82) is 0 Å². The van der Waals surface area contributed by atoms with Crippen molar-refractivity contribution in [2.45, 2.75) is 102 Å². The molecule has 3 N–H and O–H groups in total. The van der Waals surface area contributed by atoms with Gasteiger partial charge in [0.05, 0.1) is 36.4 Å². The Labute approximate surface area is 245 Å². The molecule has 2 unspecified atom stereocenters. The van der Waals surface area contributed by atoms with Crippen LogP contribution >= 0.6 is 0 Å². The molecule has 4 fully saturated rings. The van der Waals surface area contributed by atoms with Crippen molar-refractivity contribution < 1.29 is 48.6 Å². The van der Waals surface area contributed by atoms with E-state index in [0.29, 0.717) is 11.1 Å². The highest BCUT2D eigenvalue weighted by molar-refractivity contribution is 5.89. The van der Waals surface area contributed by atoms with E-state index in [1.807, 2.05) is 20.8 Å². The molecule has 2 bridgehead atoms. The Balaban J connectivity index is 1.65. The zero-order valence-electron chi connectivity index (χ0n) is 24.6. The molecule has 10 heteroatoms. The highest BCUT2D eigenvalue weighted by Gasteiger charge is 2.78. The lowest BCUT2D eigenvalue weighted by Crippen LogP contribution is -2.82. The molecular weight excluding hydrogens is 544 g/mol. The van der Waals surface area contributed by atoms with E-state index in [9.17, 15) is 24.9 Å². The molecular formula is C32H40O10. The molecule has 2 saturated carbocycles. The molecule has 5 aliphatic rings. The summed E-state index contributed by atoms with van der Waals surface area (Å²) >= 11 is 0. The number of carbonyl (C=O) groups excluding carboxylic acids is 2. The number of hydrogen-bond acceptors (Lipinski definition) is 10. The smallest absolute Gasteiger partial charge is 0.338 e. The van der Waals surface area contributed by atoms with Gasteiger partial charge in [-0.15, -0.1) is 0 Å². The van der Waals surface area contributed by atoms with Crippen LogP contribution in [0.5, 0.6) is 0 Å². The van der Waals surface area contributed by atoms with Gasteiger partial charge in [0.1, 0.15) is 23.9 Å². The fourth-order valence-electron chi connectivity index (χ4n) is 8.62. The first-order chi connectivity index (χ1) is 19.7. The predicted octanol–water partition coefficient (Wildman–Crippen LogP) is 2.45. The first-order valence-electron chi connectivity index (χ1n) is 14.5. The number of fused-ring (bicyclic) bond motifs is 8. The molecule has 0 spiro atoms. The second-order valence-corrected chi connectivity index (χ2v) is 13.2. The summed E-state index contributed by atoms with van der Waals surface area (Å²) < 4.78 is 31.2. The molecule has 3 aliphatic carbocycles. The van der Waals surface area contributed by atoms with Crippen molar-refractivity contribution in [3.8, 4) is 0 Å². The van der Waals surface area contributed by atoms with Crippen LogP contribution in [0.3, 0.4) is 0 Å². The van der Waals surface area contributed by atoms with Gasteiger partial charge in [-0.05, 0) is 36.3 Å². The van der Waals surface area contributed by atoms with Gasteiger partial charge in [-0.2, -0.15) is 0 Å². The Hall–Kier alpha value is -2.60. The maximum Gasteiger partial charge on any atom is 0.338 e. The fourth-order valence-corrected chi connectivity index (χ4v) is 8.62. The number of esters is 2. The third-order valence-electron chi connectivity index (χ3n) is 10.9. The maximum absolute atomic E-state index is 13.8. The van der Waals surface area contributed by atoms with Crippen LogP contribution < -0.4 is 0 Å². The Kier molecular flexibility index (Phi) is 6.81. The summed E-state index contributed by atoms with van der Waals surface area (Å²) in [4.78, 5) is 26.5. The molecule has 1 aromatic carbocycles. The molecule has 228 valence electrons. The molecule has 10 nitrogen and oxygen atoms in total. The van der Waals surface area contributed by atoms with Crippen molar-refractivity contribution in [3.05, 3.63) is 59.7 Å². The van der Waals surface area contributed by atoms with Crippen LogP contribution in [0.25, 0.3) is 0 Å². The average molecular weight is 585 g/mol. The summed E-state index contributed by atoms with van der Waals surface area (Å²) in [6.07, 6.45) is -5.34. The monoisotopic (exact) mass is 584 g/mol. The van der Waals surface area contributed by atoms with Crippen LogP contribution in [-0.4, -0.2) is 88.0 Å². The summed E-state index contributed by atoms with van der Waals surface area (Å²) in [6, 6.07) is 8.40. The third-order valence-corrected chi connectivity index (χ3v) is 10.9. The summed E-state index contributed by atoms with van der Waals surface area (Å²) in [5.41, 5.74) is -4.21. The highest BCUT2D eigenvalue weighted by Crippen LogP contribution is 2.66. The fraction of sp³-hybridized carbons (Fsp3) is 0.625. The Bertz CT molecular complexity index is 1320. The van der Waals surface area contributed by atoms with E-state index in [1.165, 1.54) is 13.0 Å². The molecule has 2 aliphatic heterocycles. The minimum absolute atomic E-state index is 0.0342. The third kappa shape index (κ3) is 3.79. The minimum Gasteiger partial charge on any atom is -0.455 e. The van der Waals surface area contributed by atoms with Crippen LogP contribution in [0.4, 0.5) is 0 Å². The Morgan fingerprint density at radius 2 is 1.81 bits per heavy atom. The second-order valence-electron chi connectivity index (χ2n) is 13.2. The molecule has 11 atom stereocenters. The van der Waals surface area contributed by atoms with E-state index in [4.69, 9.17) is 23.7 Å². The number of hydrogen-bond donors (Lipinski definition) is 3. The Morgan fingerprint density at radius 3 is 2.40 bits per heavy atom. The maximum atomic E-state index is 13.8. The Morgan fingerprint density at radius 1 is 1.12 bits per heavy atom. The summed E-state index contributed by atoms with van der Waals surface area (Å²) in [5.74, 6) is -2.30. The number of ether oxygens (including phenoxy) is 5. The quantitative estimate of drug-likeness (QED) is 0.357. The predicted molar refractivity (Wildman–Crippen MR) is 148 cm³/mol. The summed E-state index contributed by atoms with van der Waals surface area (Å²) in [7, 11) is 0. The molecule has 0 radical (unpaired) electrons. The van der Waals surface area contributed by atoms with Crippen LogP contribution in [0, 0.1) is 16.7 Å². The molecule has 2 heterocycles. The minimum atomic E-state index is -1.90. The van der Waals surface area contributed by atoms with Gasteiger partial charge in [0, 0.05) is 30.6 Å². The summed E-state index contributed by atoms with van der Waals surface area (Å²) in [6.45, 7) is 12.4. The molecule has 2 saturated heterocycles. The number of rotatable bonds is 4. The van der Waals surface area contributed by atoms with Gasteiger partial charge < -0.3 is 39.0 Å². The average Bonchev–Trinajstić information content (AvgIpc) is 3.36. The number of benzene rings is 1. The molecule has 42 heavy (non-hydrogen) atoms. The summed E-state index contributed by atoms with van der Waals surface area (Å²) in [5, 5.41) is 36.4. The van der Waals surface area contributed by atoms with Crippen LogP contribution in [0.1, 0.15) is 57.8 Å². The number of aliphatic hydroxyl groups is 3. The molecule has 1 aromatic rings. The van der Waals surface area contributed by atoms with Crippen molar-refractivity contribution >= 4 is 11.9 Å². The SMILES string of the molecule is C=CC1O[C@@H]2C3=C(C)[C@@H](O)C[C@@](O)([C@@H](OC(=O)c4ccccc4)[C@H]4[C@](C)([C@@H]2O1)[C@@H](O)CC1OC[C@]14OC(C)=O)C3(C)C. The van der Waals surface area contributed by atoms with E-state index in [-0.39, 0.29) is 25.0 Å². The standard InChI is InChI=1S/C32H40O10/c1-7-22-39-24-23-16(2)19(34)14-32(37,29(23,4)5)27(41-28(36)18-11-9-8-10-12-18)25-30(6,26(24)40-22)20(35)13-21-31(25,15-38-21)42-17(3)33/h7-12,19-22,24-27,34-35,37H,1,13-15H2,2-6H3/t19-,20-,21?,22?,24+,25-,26+,27-,30+,31-,32+/m0/s1. The van der Waals surface area contributed by atoms with E-state index in [1.54, 1.807) is 37.3 Å². The van der Waals surface area contributed by atoms with Crippen molar-refractivity contribution in [1.82, 2.24) is 0 Å². The number of carbonyl (C=O) groups is 2. The van der Waals surface area contributed by atoms with Gasteiger partial charge in [0.15, 0.2) is 11.9 Å². The van der Waals surface area contributed by atoms with E-state index in [2.05, 4.69) is 6.58 Å². The van der Waals surface area contributed by atoms with Crippen molar-refractivity contribution in [2.75, 3.05) is 6.61 Å². The highest BCUT2D eigenvalue weighted by atomic mass is 16.7. The van der Waals surface area contributed by atoms with Crippen LogP contribution in [0.2, 0.25) is 0 Å². The van der Waals surface area contributed by atoms with Gasteiger partial charge in [-0.1, -0.05) is 45.5 Å².